The molecule has 1 amide bonds. The minimum absolute atomic E-state index is 0.232. The molecule has 0 radical (unpaired) electrons. The van der Waals surface area contributed by atoms with Gasteiger partial charge in [0.05, 0.1) is 29.1 Å². The molecule has 3 aromatic carbocycles. The number of rotatable bonds is 6. The van der Waals surface area contributed by atoms with Gasteiger partial charge in [0.25, 0.3) is 5.91 Å². The molecule has 3 aromatic rings. The Morgan fingerprint density at radius 2 is 1.75 bits per heavy atom. The lowest BCUT2D eigenvalue weighted by molar-refractivity contribution is -0.114. The SMILES string of the molecule is COc1cc(/C=C2/C(=O)N(c3ccc(Cl)cc3)N=C2C)cc(Cl)c1OCc1ccccc1. The summed E-state index contributed by atoms with van der Waals surface area (Å²) in [5.41, 5.74) is 3.43. The summed E-state index contributed by atoms with van der Waals surface area (Å²) in [5, 5.41) is 6.73. The number of hydrogen-bond donors (Lipinski definition) is 0. The van der Waals surface area contributed by atoms with Gasteiger partial charge in [0.2, 0.25) is 0 Å². The molecule has 0 saturated heterocycles. The quantitative estimate of drug-likeness (QED) is 0.395. The highest BCUT2D eigenvalue weighted by molar-refractivity contribution is 6.34. The monoisotopic (exact) mass is 466 g/mol. The van der Waals surface area contributed by atoms with Crippen molar-refractivity contribution >= 4 is 46.6 Å². The maximum Gasteiger partial charge on any atom is 0.280 e. The summed E-state index contributed by atoms with van der Waals surface area (Å²) in [6, 6.07) is 20.2. The van der Waals surface area contributed by atoms with E-state index in [0.29, 0.717) is 50.7 Å². The number of amides is 1. The second kappa shape index (κ2) is 9.47. The number of hydrogen-bond acceptors (Lipinski definition) is 4. The number of ether oxygens (including phenoxy) is 2. The zero-order valence-electron chi connectivity index (χ0n) is 17.5. The summed E-state index contributed by atoms with van der Waals surface area (Å²) in [5.74, 6) is 0.699. The van der Waals surface area contributed by atoms with Gasteiger partial charge in [-0.1, -0.05) is 53.5 Å². The Morgan fingerprint density at radius 1 is 1.03 bits per heavy atom. The Kier molecular flexibility index (Phi) is 6.49. The molecule has 0 bridgehead atoms. The number of nitrogens with zero attached hydrogens (tertiary/aromatic N) is 2. The average molecular weight is 467 g/mol. The van der Waals surface area contributed by atoms with Gasteiger partial charge in [0.15, 0.2) is 11.5 Å². The molecule has 0 atom stereocenters. The average Bonchev–Trinajstić information content (AvgIpc) is 3.07. The zero-order chi connectivity index (χ0) is 22.7. The summed E-state index contributed by atoms with van der Waals surface area (Å²) in [7, 11) is 1.55. The van der Waals surface area contributed by atoms with E-state index in [4.69, 9.17) is 32.7 Å². The first kappa shape index (κ1) is 21.9. The van der Waals surface area contributed by atoms with E-state index in [2.05, 4.69) is 5.10 Å². The number of benzene rings is 3. The summed E-state index contributed by atoms with van der Waals surface area (Å²) >= 11 is 12.5. The van der Waals surface area contributed by atoms with Crippen LogP contribution < -0.4 is 14.5 Å². The maximum absolute atomic E-state index is 13.0. The van der Waals surface area contributed by atoms with Crippen LogP contribution in [-0.2, 0) is 11.4 Å². The van der Waals surface area contributed by atoms with E-state index in [0.717, 1.165) is 5.56 Å². The molecule has 0 saturated carbocycles. The van der Waals surface area contributed by atoms with Gasteiger partial charge in [-0.3, -0.25) is 4.79 Å². The molecule has 4 rings (SSSR count). The predicted octanol–water partition coefficient (Wildman–Crippen LogP) is 6.39. The van der Waals surface area contributed by atoms with Crippen LogP contribution in [0.15, 0.2) is 77.4 Å². The summed E-state index contributed by atoms with van der Waals surface area (Å²) in [6.45, 7) is 2.15. The number of halogens is 2. The molecule has 162 valence electrons. The van der Waals surface area contributed by atoms with Gasteiger partial charge >= 0.3 is 0 Å². The highest BCUT2D eigenvalue weighted by atomic mass is 35.5. The van der Waals surface area contributed by atoms with E-state index in [1.165, 1.54) is 5.01 Å². The lowest BCUT2D eigenvalue weighted by atomic mass is 10.1. The van der Waals surface area contributed by atoms with Crippen molar-refractivity contribution in [3.63, 3.8) is 0 Å². The first-order valence-corrected chi connectivity index (χ1v) is 10.6. The lowest BCUT2D eigenvalue weighted by Crippen LogP contribution is -2.21. The molecular formula is C25H20Cl2N2O3. The second-order valence-corrected chi connectivity index (χ2v) is 7.99. The minimum atomic E-state index is -0.232. The Bertz CT molecular complexity index is 1210. The highest BCUT2D eigenvalue weighted by Crippen LogP contribution is 2.38. The fraction of sp³-hybridized carbons (Fsp3) is 0.120. The largest absolute Gasteiger partial charge is 0.493 e. The second-order valence-electron chi connectivity index (χ2n) is 7.15. The van der Waals surface area contributed by atoms with Gasteiger partial charge in [-0.2, -0.15) is 10.1 Å². The summed E-state index contributed by atoms with van der Waals surface area (Å²) < 4.78 is 11.4. The van der Waals surface area contributed by atoms with Crippen molar-refractivity contribution in [1.29, 1.82) is 0 Å². The molecule has 0 N–H and O–H groups in total. The summed E-state index contributed by atoms with van der Waals surface area (Å²) in [4.78, 5) is 13.0. The van der Waals surface area contributed by atoms with E-state index in [-0.39, 0.29) is 5.91 Å². The van der Waals surface area contributed by atoms with E-state index < -0.39 is 0 Å². The molecule has 0 spiro atoms. The van der Waals surface area contributed by atoms with Gasteiger partial charge in [-0.15, -0.1) is 0 Å². The molecule has 1 aliphatic heterocycles. The molecule has 1 heterocycles. The zero-order valence-corrected chi connectivity index (χ0v) is 19.0. The first-order chi connectivity index (χ1) is 15.5. The first-order valence-electron chi connectivity index (χ1n) is 9.88. The maximum atomic E-state index is 13.0. The standard InChI is InChI=1S/C25H20Cl2N2O3/c1-16-21(25(30)29(28-16)20-10-8-19(26)9-11-20)12-18-13-22(27)24(23(14-18)31-2)32-15-17-6-4-3-5-7-17/h3-14H,15H2,1-2H3/b21-12+. The molecule has 32 heavy (non-hydrogen) atoms. The van der Waals surface area contributed by atoms with Crippen molar-refractivity contribution in [2.24, 2.45) is 5.10 Å². The summed E-state index contributed by atoms with van der Waals surface area (Å²) in [6.07, 6.45) is 1.74. The Balaban J connectivity index is 1.59. The van der Waals surface area contributed by atoms with Crippen LogP contribution in [0.1, 0.15) is 18.1 Å². The van der Waals surface area contributed by atoms with E-state index in [1.807, 2.05) is 30.3 Å². The molecule has 0 unspecified atom stereocenters. The van der Waals surface area contributed by atoms with E-state index in [1.54, 1.807) is 56.5 Å². The topological polar surface area (TPSA) is 51.1 Å². The van der Waals surface area contributed by atoms with Crippen LogP contribution in [0.5, 0.6) is 11.5 Å². The van der Waals surface area contributed by atoms with Crippen molar-refractivity contribution in [1.82, 2.24) is 0 Å². The third-order valence-electron chi connectivity index (χ3n) is 4.92. The normalized spacial score (nSPS) is 14.6. The van der Waals surface area contributed by atoms with Gasteiger partial charge in [-0.25, -0.2) is 0 Å². The fourth-order valence-corrected chi connectivity index (χ4v) is 3.70. The third kappa shape index (κ3) is 4.64. The number of carbonyl (C=O) groups is 1. The van der Waals surface area contributed by atoms with Crippen LogP contribution in [0.25, 0.3) is 6.08 Å². The van der Waals surface area contributed by atoms with Crippen LogP contribution in [0.4, 0.5) is 5.69 Å². The minimum Gasteiger partial charge on any atom is -0.493 e. The molecular weight excluding hydrogens is 447 g/mol. The van der Waals surface area contributed by atoms with Gasteiger partial charge in [-0.05, 0) is 60.5 Å². The van der Waals surface area contributed by atoms with E-state index in [9.17, 15) is 4.79 Å². The Hall–Kier alpha value is -3.28. The van der Waals surface area contributed by atoms with Crippen LogP contribution >= 0.6 is 23.2 Å². The molecule has 1 aliphatic rings. The van der Waals surface area contributed by atoms with Crippen molar-refractivity contribution in [2.45, 2.75) is 13.5 Å². The van der Waals surface area contributed by atoms with Crippen LogP contribution in [0.3, 0.4) is 0 Å². The van der Waals surface area contributed by atoms with Crippen molar-refractivity contribution in [3.05, 3.63) is 93.5 Å². The van der Waals surface area contributed by atoms with Crippen LogP contribution in [-0.4, -0.2) is 18.7 Å². The molecule has 0 aromatic heterocycles. The lowest BCUT2D eigenvalue weighted by Gasteiger charge is -2.14. The van der Waals surface area contributed by atoms with Crippen molar-refractivity contribution in [2.75, 3.05) is 12.1 Å². The van der Waals surface area contributed by atoms with Crippen LogP contribution in [0.2, 0.25) is 10.0 Å². The number of methoxy groups -OCH3 is 1. The van der Waals surface area contributed by atoms with Crippen LogP contribution in [0, 0.1) is 0 Å². The molecule has 5 nitrogen and oxygen atoms in total. The van der Waals surface area contributed by atoms with Gasteiger partial charge < -0.3 is 9.47 Å². The van der Waals surface area contributed by atoms with Crippen molar-refractivity contribution in [3.8, 4) is 11.5 Å². The van der Waals surface area contributed by atoms with Gasteiger partial charge in [0.1, 0.15) is 6.61 Å². The van der Waals surface area contributed by atoms with Crippen molar-refractivity contribution < 1.29 is 14.3 Å². The number of hydrazone groups is 1. The molecule has 0 fully saturated rings. The number of anilines is 1. The highest BCUT2D eigenvalue weighted by Gasteiger charge is 2.29. The third-order valence-corrected chi connectivity index (χ3v) is 5.46. The predicted molar refractivity (Wildman–Crippen MR) is 129 cm³/mol. The number of carbonyl (C=O) groups excluding carboxylic acids is 1. The van der Waals surface area contributed by atoms with Gasteiger partial charge in [0, 0.05) is 5.02 Å². The molecule has 7 heteroatoms. The Labute approximate surface area is 196 Å². The molecule has 0 aliphatic carbocycles. The fourth-order valence-electron chi connectivity index (χ4n) is 3.30. The Morgan fingerprint density at radius 3 is 2.44 bits per heavy atom. The smallest absolute Gasteiger partial charge is 0.280 e. The van der Waals surface area contributed by atoms with E-state index >= 15 is 0 Å².